The zero-order valence-corrected chi connectivity index (χ0v) is 12.8. The van der Waals surface area contributed by atoms with E-state index in [1.807, 2.05) is 0 Å². The summed E-state index contributed by atoms with van der Waals surface area (Å²) in [7, 11) is -3.30. The van der Waals surface area contributed by atoms with Gasteiger partial charge < -0.3 is 0 Å². The Kier molecular flexibility index (Phi) is 7.53. The smallest absolute Gasteiger partial charge is 0.195 e. The molecule has 0 amide bonds. The number of nitrogens with zero attached hydrogens (tertiary/aromatic N) is 2. The lowest BCUT2D eigenvalue weighted by molar-refractivity contribution is 0.344. The molecule has 1 aliphatic heterocycles. The molecule has 1 fully saturated rings. The average Bonchev–Trinajstić information content (AvgIpc) is 2.63. The molecular weight excluding hydrogens is 272 g/mol. The summed E-state index contributed by atoms with van der Waals surface area (Å²) in [6.07, 6.45) is 6.11. The van der Waals surface area contributed by atoms with Crippen molar-refractivity contribution in [1.82, 2.24) is 8.61 Å². The van der Waals surface area contributed by atoms with Gasteiger partial charge in [0.05, 0.1) is 0 Å². The summed E-state index contributed by atoms with van der Waals surface area (Å²) >= 11 is 5.73. The van der Waals surface area contributed by atoms with Crippen molar-refractivity contribution in [2.24, 2.45) is 0 Å². The van der Waals surface area contributed by atoms with Gasteiger partial charge in [-0.15, -0.1) is 11.6 Å². The topological polar surface area (TPSA) is 40.6 Å². The minimum atomic E-state index is -3.30. The van der Waals surface area contributed by atoms with Crippen LogP contribution in [-0.2, 0) is 10.2 Å². The third-order valence-corrected chi connectivity index (χ3v) is 5.52. The molecule has 6 heteroatoms. The van der Waals surface area contributed by atoms with E-state index >= 15 is 0 Å². The van der Waals surface area contributed by atoms with Crippen LogP contribution in [-0.4, -0.2) is 49.1 Å². The monoisotopic (exact) mass is 296 g/mol. The fourth-order valence-electron chi connectivity index (χ4n) is 2.21. The zero-order chi connectivity index (χ0) is 13.4. The lowest BCUT2D eigenvalue weighted by Gasteiger charge is -2.28. The average molecular weight is 297 g/mol. The van der Waals surface area contributed by atoms with Crippen molar-refractivity contribution in [3.8, 4) is 0 Å². The number of unbranched alkanes of at least 4 members (excludes halogenated alkanes) is 1. The molecule has 0 bridgehead atoms. The van der Waals surface area contributed by atoms with Crippen molar-refractivity contribution in [2.75, 3.05) is 32.1 Å². The molecular formula is C12H25ClN2O2S. The number of hydrogen-bond acceptors (Lipinski definition) is 2. The normalized spacial score (nSPS) is 19.1. The van der Waals surface area contributed by atoms with Crippen LogP contribution in [0.2, 0.25) is 0 Å². The Hall–Kier alpha value is 0.160. The highest BCUT2D eigenvalue weighted by Crippen LogP contribution is 2.17. The van der Waals surface area contributed by atoms with Gasteiger partial charge in [0, 0.05) is 32.1 Å². The molecule has 0 radical (unpaired) electrons. The van der Waals surface area contributed by atoms with Gasteiger partial charge in [0.2, 0.25) is 0 Å². The highest BCUT2D eigenvalue weighted by molar-refractivity contribution is 7.86. The first-order valence-corrected chi connectivity index (χ1v) is 8.87. The van der Waals surface area contributed by atoms with Crippen LogP contribution in [0.3, 0.4) is 0 Å². The van der Waals surface area contributed by atoms with Crippen molar-refractivity contribution >= 4 is 21.8 Å². The molecule has 0 aromatic rings. The van der Waals surface area contributed by atoms with E-state index in [0.717, 1.165) is 38.5 Å². The van der Waals surface area contributed by atoms with Crippen LogP contribution in [0.15, 0.2) is 0 Å². The molecule has 0 saturated carbocycles. The molecule has 0 aliphatic carbocycles. The summed E-state index contributed by atoms with van der Waals surface area (Å²) in [4.78, 5) is 0. The molecule has 0 aromatic carbocycles. The molecule has 1 aliphatic rings. The van der Waals surface area contributed by atoms with Gasteiger partial charge in [-0.2, -0.15) is 17.0 Å². The second-order valence-electron chi connectivity index (χ2n) is 4.76. The van der Waals surface area contributed by atoms with Gasteiger partial charge in [0.1, 0.15) is 0 Å². The predicted molar refractivity (Wildman–Crippen MR) is 76.2 cm³/mol. The summed E-state index contributed by atoms with van der Waals surface area (Å²) in [5.74, 6) is 0.358. The van der Waals surface area contributed by atoms with Crippen molar-refractivity contribution in [2.45, 2.75) is 45.4 Å². The molecule has 0 spiro atoms. The summed E-state index contributed by atoms with van der Waals surface area (Å²) in [6.45, 7) is 4.39. The van der Waals surface area contributed by atoms with Gasteiger partial charge in [0.15, 0.2) is 0 Å². The first kappa shape index (κ1) is 16.2. The molecule has 4 nitrogen and oxygen atoms in total. The predicted octanol–water partition coefficient (Wildman–Crippen LogP) is 2.45. The van der Waals surface area contributed by atoms with Gasteiger partial charge >= 0.3 is 0 Å². The lowest BCUT2D eigenvalue weighted by atomic mass is 10.2. The molecule has 0 unspecified atom stereocenters. The third-order valence-electron chi connectivity index (χ3n) is 3.31. The van der Waals surface area contributed by atoms with Crippen LogP contribution in [0, 0.1) is 0 Å². The van der Waals surface area contributed by atoms with Crippen molar-refractivity contribution in [3.05, 3.63) is 0 Å². The van der Waals surface area contributed by atoms with Gasteiger partial charge in [-0.05, 0) is 19.3 Å². The summed E-state index contributed by atoms with van der Waals surface area (Å²) in [6, 6.07) is 0. The molecule has 18 heavy (non-hydrogen) atoms. The van der Waals surface area contributed by atoms with E-state index in [2.05, 4.69) is 6.92 Å². The Bertz CT molecular complexity index is 314. The first-order valence-electron chi connectivity index (χ1n) is 6.94. The van der Waals surface area contributed by atoms with Crippen molar-refractivity contribution < 1.29 is 8.42 Å². The molecule has 1 heterocycles. The highest BCUT2D eigenvalue weighted by atomic mass is 35.5. The van der Waals surface area contributed by atoms with Crippen LogP contribution in [0.4, 0.5) is 0 Å². The molecule has 0 atom stereocenters. The van der Waals surface area contributed by atoms with Crippen molar-refractivity contribution in [1.29, 1.82) is 0 Å². The molecule has 0 N–H and O–H groups in total. The van der Waals surface area contributed by atoms with Gasteiger partial charge in [-0.3, -0.25) is 0 Å². The van der Waals surface area contributed by atoms with E-state index in [-0.39, 0.29) is 0 Å². The molecule has 0 aromatic heterocycles. The van der Waals surface area contributed by atoms with E-state index in [1.165, 1.54) is 0 Å². The van der Waals surface area contributed by atoms with Crippen LogP contribution >= 0.6 is 11.6 Å². The van der Waals surface area contributed by atoms with Crippen LogP contribution in [0.1, 0.15) is 45.4 Å². The molecule has 1 rings (SSSR count). The number of hydrogen-bond donors (Lipinski definition) is 0. The first-order chi connectivity index (χ1) is 8.62. The van der Waals surface area contributed by atoms with Crippen LogP contribution in [0.5, 0.6) is 0 Å². The fourth-order valence-corrected chi connectivity index (χ4v) is 4.24. The van der Waals surface area contributed by atoms with Crippen LogP contribution < -0.4 is 0 Å². The largest absolute Gasteiger partial charge is 0.282 e. The standard InChI is InChI=1S/C12H25ClN2O2S/c1-2-3-9-15(12-8-13)18(16,17)14-10-6-4-5-7-11-14/h2-12H2,1H3. The molecule has 1 saturated heterocycles. The SMILES string of the molecule is CCCCN(CCCl)S(=O)(=O)N1CCCCCC1. The van der Waals surface area contributed by atoms with Gasteiger partial charge in [0.25, 0.3) is 10.2 Å². The Morgan fingerprint density at radius 1 is 1.11 bits per heavy atom. The maximum Gasteiger partial charge on any atom is 0.282 e. The van der Waals surface area contributed by atoms with E-state index < -0.39 is 10.2 Å². The Labute approximate surface area is 116 Å². The number of rotatable bonds is 7. The summed E-state index contributed by atoms with van der Waals surface area (Å²) < 4.78 is 28.2. The van der Waals surface area contributed by atoms with Crippen LogP contribution in [0.25, 0.3) is 0 Å². The number of halogens is 1. The van der Waals surface area contributed by atoms with E-state index in [4.69, 9.17) is 11.6 Å². The van der Waals surface area contributed by atoms with E-state index in [9.17, 15) is 8.42 Å². The van der Waals surface area contributed by atoms with Gasteiger partial charge in [-0.1, -0.05) is 26.2 Å². The zero-order valence-electron chi connectivity index (χ0n) is 11.3. The maximum atomic E-state index is 12.5. The lowest BCUT2D eigenvalue weighted by Crippen LogP contribution is -2.45. The third kappa shape index (κ3) is 4.68. The van der Waals surface area contributed by atoms with E-state index in [0.29, 0.717) is 32.1 Å². The Morgan fingerprint density at radius 3 is 2.22 bits per heavy atom. The number of alkyl halides is 1. The fraction of sp³-hybridized carbons (Fsp3) is 1.00. The van der Waals surface area contributed by atoms with E-state index in [1.54, 1.807) is 8.61 Å². The second kappa shape index (κ2) is 8.35. The Morgan fingerprint density at radius 2 is 1.72 bits per heavy atom. The molecule has 108 valence electrons. The quantitative estimate of drug-likeness (QED) is 0.677. The minimum absolute atomic E-state index is 0.358. The second-order valence-corrected chi connectivity index (χ2v) is 7.07. The maximum absolute atomic E-state index is 12.5. The minimum Gasteiger partial charge on any atom is -0.195 e. The summed E-state index contributed by atoms with van der Waals surface area (Å²) in [5.41, 5.74) is 0. The van der Waals surface area contributed by atoms with Gasteiger partial charge in [-0.25, -0.2) is 0 Å². The highest BCUT2D eigenvalue weighted by Gasteiger charge is 2.29. The Balaban J connectivity index is 2.71. The van der Waals surface area contributed by atoms with Crippen molar-refractivity contribution in [3.63, 3.8) is 0 Å². The summed E-state index contributed by atoms with van der Waals surface area (Å²) in [5, 5.41) is 0.